The van der Waals surface area contributed by atoms with E-state index in [1.54, 1.807) is 0 Å². The van der Waals surface area contributed by atoms with Crippen molar-refractivity contribution in [2.24, 2.45) is 0 Å². The molecule has 0 spiro atoms. The van der Waals surface area contributed by atoms with Crippen LogP contribution in [-0.2, 0) is 4.79 Å². The van der Waals surface area contributed by atoms with Gasteiger partial charge in [0.1, 0.15) is 0 Å². The lowest BCUT2D eigenvalue weighted by Crippen LogP contribution is -2.38. The number of rotatable bonds is 5. The quantitative estimate of drug-likeness (QED) is 0.866. The first-order valence-electron chi connectivity index (χ1n) is 7.43. The van der Waals surface area contributed by atoms with Crippen molar-refractivity contribution in [3.63, 3.8) is 0 Å². The zero-order valence-electron chi connectivity index (χ0n) is 11.8. The highest BCUT2D eigenvalue weighted by Gasteiger charge is 2.20. The Morgan fingerprint density at radius 3 is 2.60 bits per heavy atom. The van der Waals surface area contributed by atoms with Gasteiger partial charge in [0, 0.05) is 12.5 Å². The second-order valence-corrected chi connectivity index (χ2v) is 5.42. The molecule has 1 aliphatic carbocycles. The second kappa shape index (κ2) is 7.85. The van der Waals surface area contributed by atoms with E-state index in [0.29, 0.717) is 6.42 Å². The molecule has 0 radical (unpaired) electrons. The molecule has 3 nitrogen and oxygen atoms in total. The van der Waals surface area contributed by atoms with Crippen molar-refractivity contribution in [3.8, 4) is 0 Å². The summed E-state index contributed by atoms with van der Waals surface area (Å²) >= 11 is 0. The molecule has 0 saturated heterocycles. The van der Waals surface area contributed by atoms with Crippen LogP contribution in [0, 0.1) is 0 Å². The molecule has 108 valence electrons. The van der Waals surface area contributed by atoms with Gasteiger partial charge in [-0.3, -0.25) is 4.79 Å². The summed E-state index contributed by atoms with van der Waals surface area (Å²) in [6.45, 7) is 0. The fourth-order valence-corrected chi connectivity index (χ4v) is 2.52. The van der Waals surface area contributed by atoms with Gasteiger partial charge in [-0.25, -0.2) is 0 Å². The molecule has 1 aromatic carbocycles. The Bertz CT molecular complexity index is 434. The SMILES string of the molecule is O=C(CCC=Cc1ccccc1)NC1CCC(O)CC1. The highest BCUT2D eigenvalue weighted by Crippen LogP contribution is 2.18. The molecule has 0 aliphatic heterocycles. The summed E-state index contributed by atoms with van der Waals surface area (Å²) in [7, 11) is 0. The average Bonchev–Trinajstić information content (AvgIpc) is 2.47. The Morgan fingerprint density at radius 2 is 1.90 bits per heavy atom. The van der Waals surface area contributed by atoms with Crippen LogP contribution in [0.1, 0.15) is 44.1 Å². The normalized spacial score (nSPS) is 22.9. The van der Waals surface area contributed by atoms with Crippen LogP contribution in [0.4, 0.5) is 0 Å². The lowest BCUT2D eigenvalue weighted by Gasteiger charge is -2.26. The summed E-state index contributed by atoms with van der Waals surface area (Å²) in [4.78, 5) is 11.8. The van der Waals surface area contributed by atoms with E-state index < -0.39 is 0 Å². The van der Waals surface area contributed by atoms with Gasteiger partial charge in [0.05, 0.1) is 6.10 Å². The van der Waals surface area contributed by atoms with E-state index in [1.807, 2.05) is 42.5 Å². The molecule has 0 atom stereocenters. The van der Waals surface area contributed by atoms with Crippen molar-refractivity contribution in [2.75, 3.05) is 0 Å². The Kier molecular flexibility index (Phi) is 5.81. The van der Waals surface area contributed by atoms with Crippen LogP contribution < -0.4 is 5.32 Å². The smallest absolute Gasteiger partial charge is 0.220 e. The van der Waals surface area contributed by atoms with Crippen LogP contribution in [0.15, 0.2) is 36.4 Å². The standard InChI is InChI=1S/C17H23NO2/c19-16-12-10-15(11-13-16)18-17(20)9-5-4-8-14-6-2-1-3-7-14/h1-4,6-8,15-16,19H,5,9-13H2,(H,18,20). The molecule has 1 aromatic rings. The Hall–Kier alpha value is -1.61. The third kappa shape index (κ3) is 5.17. The lowest BCUT2D eigenvalue weighted by atomic mass is 9.93. The van der Waals surface area contributed by atoms with E-state index in [9.17, 15) is 9.90 Å². The Morgan fingerprint density at radius 1 is 1.20 bits per heavy atom. The monoisotopic (exact) mass is 273 g/mol. The number of carbonyl (C=O) groups excluding carboxylic acids is 1. The average molecular weight is 273 g/mol. The van der Waals surface area contributed by atoms with Gasteiger partial charge < -0.3 is 10.4 Å². The predicted molar refractivity (Wildman–Crippen MR) is 81.1 cm³/mol. The number of nitrogens with one attached hydrogen (secondary N) is 1. The molecule has 2 N–H and O–H groups in total. The number of aliphatic hydroxyl groups excluding tert-OH is 1. The van der Waals surface area contributed by atoms with Crippen LogP contribution in [0.3, 0.4) is 0 Å². The summed E-state index contributed by atoms with van der Waals surface area (Å²) in [5.74, 6) is 0.115. The largest absolute Gasteiger partial charge is 0.393 e. The zero-order chi connectivity index (χ0) is 14.2. The van der Waals surface area contributed by atoms with Crippen LogP contribution >= 0.6 is 0 Å². The van der Waals surface area contributed by atoms with Gasteiger partial charge in [-0.1, -0.05) is 42.5 Å². The summed E-state index contributed by atoms with van der Waals surface area (Å²) in [5.41, 5.74) is 1.16. The first-order chi connectivity index (χ1) is 9.74. The topological polar surface area (TPSA) is 49.3 Å². The fraction of sp³-hybridized carbons (Fsp3) is 0.471. The number of allylic oxidation sites excluding steroid dienone is 1. The number of hydrogen-bond acceptors (Lipinski definition) is 2. The molecule has 2 rings (SSSR count). The number of amides is 1. The van der Waals surface area contributed by atoms with Gasteiger partial charge in [0.15, 0.2) is 0 Å². The lowest BCUT2D eigenvalue weighted by molar-refractivity contribution is -0.122. The molecule has 1 amide bonds. The van der Waals surface area contributed by atoms with Crippen molar-refractivity contribution in [2.45, 2.75) is 50.7 Å². The molecule has 0 aromatic heterocycles. The maximum absolute atomic E-state index is 11.8. The minimum Gasteiger partial charge on any atom is -0.393 e. The Labute approximate surface area is 120 Å². The molecular weight excluding hydrogens is 250 g/mol. The maximum atomic E-state index is 11.8. The minimum absolute atomic E-state index is 0.115. The van der Waals surface area contributed by atoms with E-state index >= 15 is 0 Å². The van der Waals surface area contributed by atoms with Gasteiger partial charge in [0.2, 0.25) is 5.91 Å². The minimum atomic E-state index is -0.169. The summed E-state index contributed by atoms with van der Waals surface area (Å²) in [6, 6.07) is 10.3. The first kappa shape index (κ1) is 14.8. The number of benzene rings is 1. The van der Waals surface area contributed by atoms with E-state index in [4.69, 9.17) is 0 Å². The van der Waals surface area contributed by atoms with E-state index in [2.05, 4.69) is 5.32 Å². The molecule has 20 heavy (non-hydrogen) atoms. The molecule has 1 aliphatic rings. The molecule has 0 heterocycles. The Balaban J connectivity index is 1.64. The summed E-state index contributed by atoms with van der Waals surface area (Å²) in [6.07, 6.45) is 8.61. The molecule has 3 heteroatoms. The highest BCUT2D eigenvalue weighted by molar-refractivity contribution is 5.76. The van der Waals surface area contributed by atoms with E-state index in [1.165, 1.54) is 0 Å². The zero-order valence-corrected chi connectivity index (χ0v) is 11.8. The third-order valence-corrected chi connectivity index (χ3v) is 3.71. The summed E-state index contributed by atoms with van der Waals surface area (Å²) in [5, 5.41) is 12.5. The number of carbonyl (C=O) groups is 1. The van der Waals surface area contributed by atoms with Crippen molar-refractivity contribution < 1.29 is 9.90 Å². The first-order valence-corrected chi connectivity index (χ1v) is 7.43. The van der Waals surface area contributed by atoms with Gasteiger partial charge in [-0.15, -0.1) is 0 Å². The number of hydrogen-bond donors (Lipinski definition) is 2. The van der Waals surface area contributed by atoms with Crippen molar-refractivity contribution in [1.29, 1.82) is 0 Å². The second-order valence-electron chi connectivity index (χ2n) is 5.42. The number of aliphatic hydroxyl groups is 1. The molecule has 0 unspecified atom stereocenters. The van der Waals surface area contributed by atoms with E-state index in [-0.39, 0.29) is 18.1 Å². The van der Waals surface area contributed by atoms with Gasteiger partial charge in [-0.2, -0.15) is 0 Å². The fourth-order valence-electron chi connectivity index (χ4n) is 2.52. The van der Waals surface area contributed by atoms with Gasteiger partial charge in [0.25, 0.3) is 0 Å². The highest BCUT2D eigenvalue weighted by atomic mass is 16.3. The predicted octanol–water partition coefficient (Wildman–Crippen LogP) is 2.90. The van der Waals surface area contributed by atoms with E-state index in [0.717, 1.165) is 37.7 Å². The third-order valence-electron chi connectivity index (χ3n) is 3.71. The maximum Gasteiger partial charge on any atom is 0.220 e. The van der Waals surface area contributed by atoms with Crippen molar-refractivity contribution in [1.82, 2.24) is 5.32 Å². The molecule has 1 saturated carbocycles. The van der Waals surface area contributed by atoms with Crippen LogP contribution in [0.2, 0.25) is 0 Å². The van der Waals surface area contributed by atoms with Gasteiger partial charge >= 0.3 is 0 Å². The van der Waals surface area contributed by atoms with Crippen LogP contribution in [-0.4, -0.2) is 23.2 Å². The molecule has 0 bridgehead atoms. The van der Waals surface area contributed by atoms with Crippen LogP contribution in [0.5, 0.6) is 0 Å². The van der Waals surface area contributed by atoms with Gasteiger partial charge in [-0.05, 0) is 37.7 Å². The molecule has 1 fully saturated rings. The van der Waals surface area contributed by atoms with Crippen molar-refractivity contribution >= 4 is 12.0 Å². The summed E-state index contributed by atoms with van der Waals surface area (Å²) < 4.78 is 0. The van der Waals surface area contributed by atoms with Crippen LogP contribution in [0.25, 0.3) is 6.08 Å². The molecular formula is C17H23NO2. The van der Waals surface area contributed by atoms with Crippen molar-refractivity contribution in [3.05, 3.63) is 42.0 Å².